The van der Waals surface area contributed by atoms with Crippen LogP contribution in [-0.2, 0) is 0 Å². The number of hydrogen-bond donors (Lipinski definition) is 1. The van der Waals surface area contributed by atoms with E-state index in [2.05, 4.69) is 4.98 Å². The highest BCUT2D eigenvalue weighted by Crippen LogP contribution is 2.27. The molecular weight excluding hydrogens is 222 g/mol. The Bertz CT molecular complexity index is 659. The van der Waals surface area contributed by atoms with E-state index in [-0.39, 0.29) is 0 Å². The maximum Gasteiger partial charge on any atom is 0.122 e. The molecule has 1 N–H and O–H groups in total. The summed E-state index contributed by atoms with van der Waals surface area (Å²) < 4.78 is 0. The molecule has 0 amide bonds. The Morgan fingerprint density at radius 2 is 1.61 bits per heavy atom. The van der Waals surface area contributed by atoms with Crippen LogP contribution in [0.5, 0.6) is 0 Å². The second-order valence-electron chi connectivity index (χ2n) is 4.23. The Balaban J connectivity index is 2.15. The van der Waals surface area contributed by atoms with Crippen LogP contribution in [0.4, 0.5) is 0 Å². The number of rotatable bonds is 2. The molecule has 3 aromatic rings. The number of aliphatic hydroxyl groups excluding tert-OH is 1. The van der Waals surface area contributed by atoms with Gasteiger partial charge in [0.15, 0.2) is 0 Å². The van der Waals surface area contributed by atoms with Gasteiger partial charge in [-0.3, -0.25) is 4.98 Å². The van der Waals surface area contributed by atoms with E-state index in [0.717, 1.165) is 16.3 Å². The molecule has 1 heterocycles. The zero-order chi connectivity index (χ0) is 12.4. The lowest BCUT2D eigenvalue weighted by molar-refractivity contribution is 0.217. The second-order valence-corrected chi connectivity index (χ2v) is 4.23. The van der Waals surface area contributed by atoms with Crippen molar-refractivity contribution in [2.75, 3.05) is 0 Å². The van der Waals surface area contributed by atoms with Gasteiger partial charge in [0.1, 0.15) is 6.10 Å². The van der Waals surface area contributed by atoms with E-state index in [0.29, 0.717) is 5.69 Å². The monoisotopic (exact) mass is 235 g/mol. The molecule has 2 aromatic carbocycles. The van der Waals surface area contributed by atoms with Crippen LogP contribution in [0.1, 0.15) is 17.4 Å². The Morgan fingerprint density at radius 3 is 2.44 bits per heavy atom. The van der Waals surface area contributed by atoms with Crippen LogP contribution < -0.4 is 0 Å². The lowest BCUT2D eigenvalue weighted by Gasteiger charge is -2.13. The highest BCUT2D eigenvalue weighted by atomic mass is 16.3. The average molecular weight is 235 g/mol. The van der Waals surface area contributed by atoms with Gasteiger partial charge in [-0.25, -0.2) is 0 Å². The minimum atomic E-state index is -0.683. The van der Waals surface area contributed by atoms with Gasteiger partial charge in [0.05, 0.1) is 5.69 Å². The Hall–Kier alpha value is -2.19. The van der Waals surface area contributed by atoms with Crippen molar-refractivity contribution < 1.29 is 5.11 Å². The molecule has 3 rings (SSSR count). The van der Waals surface area contributed by atoms with Gasteiger partial charge >= 0.3 is 0 Å². The summed E-state index contributed by atoms with van der Waals surface area (Å²) in [6.07, 6.45) is 1.02. The molecule has 0 aliphatic heterocycles. The predicted molar refractivity (Wildman–Crippen MR) is 72.2 cm³/mol. The number of aliphatic hydroxyl groups is 1. The van der Waals surface area contributed by atoms with Gasteiger partial charge in [-0.15, -0.1) is 0 Å². The molecule has 0 saturated carbocycles. The van der Waals surface area contributed by atoms with E-state index in [4.69, 9.17) is 0 Å². The molecule has 0 fully saturated rings. The number of fused-ring (bicyclic) bond motifs is 1. The number of pyridine rings is 1. The zero-order valence-electron chi connectivity index (χ0n) is 9.82. The molecule has 2 heteroatoms. The standard InChI is InChI=1S/C16H13NO/c18-16(15-10-3-4-11-17-15)14-9-5-7-12-6-1-2-8-13(12)14/h1-11,16,18H. The summed E-state index contributed by atoms with van der Waals surface area (Å²) in [6.45, 7) is 0. The topological polar surface area (TPSA) is 33.1 Å². The quantitative estimate of drug-likeness (QED) is 0.739. The van der Waals surface area contributed by atoms with Crippen molar-refractivity contribution in [3.63, 3.8) is 0 Å². The molecule has 88 valence electrons. The fourth-order valence-electron chi connectivity index (χ4n) is 2.19. The van der Waals surface area contributed by atoms with E-state index in [1.807, 2.05) is 60.7 Å². The average Bonchev–Trinajstić information content (AvgIpc) is 2.47. The van der Waals surface area contributed by atoms with Crippen LogP contribution in [0.15, 0.2) is 66.9 Å². The lowest BCUT2D eigenvalue weighted by atomic mass is 9.98. The van der Waals surface area contributed by atoms with Crippen molar-refractivity contribution in [1.29, 1.82) is 0 Å². The number of benzene rings is 2. The zero-order valence-corrected chi connectivity index (χ0v) is 9.82. The molecule has 0 spiro atoms. The minimum Gasteiger partial charge on any atom is -0.382 e. The third-order valence-corrected chi connectivity index (χ3v) is 3.09. The van der Waals surface area contributed by atoms with Crippen LogP contribution in [0.3, 0.4) is 0 Å². The van der Waals surface area contributed by atoms with Crippen molar-refractivity contribution in [3.8, 4) is 0 Å². The summed E-state index contributed by atoms with van der Waals surface area (Å²) in [7, 11) is 0. The van der Waals surface area contributed by atoms with Crippen LogP contribution in [0, 0.1) is 0 Å². The normalized spacial score (nSPS) is 12.5. The first-order valence-electron chi connectivity index (χ1n) is 5.93. The summed E-state index contributed by atoms with van der Waals surface area (Å²) in [6, 6.07) is 19.6. The van der Waals surface area contributed by atoms with Crippen molar-refractivity contribution >= 4 is 10.8 Å². The molecule has 0 bridgehead atoms. The molecule has 2 nitrogen and oxygen atoms in total. The van der Waals surface area contributed by atoms with Gasteiger partial charge in [0, 0.05) is 6.20 Å². The maximum atomic E-state index is 10.4. The molecule has 0 aliphatic carbocycles. The van der Waals surface area contributed by atoms with E-state index in [1.54, 1.807) is 6.20 Å². The number of nitrogens with zero attached hydrogens (tertiary/aromatic N) is 1. The van der Waals surface area contributed by atoms with Gasteiger partial charge in [-0.1, -0.05) is 48.5 Å². The molecule has 0 saturated heterocycles. The molecule has 1 unspecified atom stereocenters. The minimum absolute atomic E-state index is 0.675. The summed E-state index contributed by atoms with van der Waals surface area (Å²) in [5, 5.41) is 12.6. The third-order valence-electron chi connectivity index (χ3n) is 3.09. The lowest BCUT2D eigenvalue weighted by Crippen LogP contribution is -2.02. The highest BCUT2D eigenvalue weighted by molar-refractivity contribution is 5.86. The van der Waals surface area contributed by atoms with Crippen molar-refractivity contribution in [2.24, 2.45) is 0 Å². The van der Waals surface area contributed by atoms with Crippen LogP contribution >= 0.6 is 0 Å². The van der Waals surface area contributed by atoms with Crippen molar-refractivity contribution in [2.45, 2.75) is 6.10 Å². The van der Waals surface area contributed by atoms with E-state index < -0.39 is 6.10 Å². The molecule has 1 aromatic heterocycles. The summed E-state index contributed by atoms with van der Waals surface area (Å²) in [5.41, 5.74) is 1.57. The summed E-state index contributed by atoms with van der Waals surface area (Å²) in [4.78, 5) is 4.21. The van der Waals surface area contributed by atoms with Gasteiger partial charge < -0.3 is 5.11 Å². The van der Waals surface area contributed by atoms with Crippen LogP contribution in [-0.4, -0.2) is 10.1 Å². The summed E-state index contributed by atoms with van der Waals surface area (Å²) in [5.74, 6) is 0. The van der Waals surface area contributed by atoms with Crippen LogP contribution in [0.25, 0.3) is 10.8 Å². The van der Waals surface area contributed by atoms with E-state index in [1.165, 1.54) is 0 Å². The molecule has 0 aliphatic rings. The van der Waals surface area contributed by atoms with Gasteiger partial charge in [-0.05, 0) is 28.5 Å². The van der Waals surface area contributed by atoms with Crippen molar-refractivity contribution in [3.05, 3.63) is 78.1 Å². The second kappa shape index (κ2) is 4.59. The SMILES string of the molecule is OC(c1ccccn1)c1cccc2ccccc12. The highest BCUT2D eigenvalue weighted by Gasteiger charge is 2.13. The fraction of sp³-hybridized carbons (Fsp3) is 0.0625. The predicted octanol–water partition coefficient (Wildman–Crippen LogP) is 3.32. The Kier molecular flexibility index (Phi) is 2.79. The van der Waals surface area contributed by atoms with Gasteiger partial charge in [0.25, 0.3) is 0 Å². The third kappa shape index (κ3) is 1.87. The van der Waals surface area contributed by atoms with Gasteiger partial charge in [0.2, 0.25) is 0 Å². The Labute approximate surface area is 106 Å². The molecular formula is C16H13NO. The van der Waals surface area contributed by atoms with Gasteiger partial charge in [-0.2, -0.15) is 0 Å². The molecule has 1 atom stereocenters. The largest absolute Gasteiger partial charge is 0.382 e. The maximum absolute atomic E-state index is 10.4. The first kappa shape index (κ1) is 10.9. The number of aromatic nitrogens is 1. The number of hydrogen-bond acceptors (Lipinski definition) is 2. The molecule has 18 heavy (non-hydrogen) atoms. The summed E-state index contributed by atoms with van der Waals surface area (Å²) >= 11 is 0. The first-order chi connectivity index (χ1) is 8.86. The van der Waals surface area contributed by atoms with Crippen molar-refractivity contribution in [1.82, 2.24) is 4.98 Å². The van der Waals surface area contributed by atoms with E-state index >= 15 is 0 Å². The smallest absolute Gasteiger partial charge is 0.122 e. The fourth-order valence-corrected chi connectivity index (χ4v) is 2.19. The van der Waals surface area contributed by atoms with E-state index in [9.17, 15) is 5.11 Å². The Morgan fingerprint density at radius 1 is 0.833 bits per heavy atom. The first-order valence-corrected chi connectivity index (χ1v) is 5.93. The van der Waals surface area contributed by atoms with Crippen LogP contribution in [0.2, 0.25) is 0 Å². The molecule has 0 radical (unpaired) electrons.